The number of esters is 1. The van der Waals surface area contributed by atoms with E-state index in [1.54, 1.807) is 6.33 Å². The van der Waals surface area contributed by atoms with Crippen LogP contribution in [0.25, 0.3) is 11.3 Å². The molecule has 25 heavy (non-hydrogen) atoms. The van der Waals surface area contributed by atoms with E-state index in [9.17, 15) is 9.90 Å². The summed E-state index contributed by atoms with van der Waals surface area (Å²) in [5, 5.41) is 9.77. The molecule has 6 heteroatoms. The Morgan fingerprint density at radius 3 is 3.00 bits per heavy atom. The van der Waals surface area contributed by atoms with Gasteiger partial charge in [0.15, 0.2) is 0 Å². The fourth-order valence-electron chi connectivity index (χ4n) is 3.57. The standard InChI is InChI=1S/C19H25N3O3/c1-3-25-17(24)10-6-9-16-19-18(20-12-21-19)14-7-4-5-8-15(14)22(16)13(2)11-23/h4-5,7-8,12-13,16,23H,3,6,9-11H2,1-2H3,(H,20,21). The topological polar surface area (TPSA) is 78.5 Å². The monoisotopic (exact) mass is 343 g/mol. The molecular formula is C19H25N3O3. The second-order valence-corrected chi connectivity index (χ2v) is 6.33. The molecule has 134 valence electrons. The van der Waals surface area contributed by atoms with Gasteiger partial charge in [-0.1, -0.05) is 18.2 Å². The van der Waals surface area contributed by atoms with Gasteiger partial charge in [-0.15, -0.1) is 0 Å². The minimum Gasteiger partial charge on any atom is -0.466 e. The Kier molecular flexibility index (Phi) is 5.38. The van der Waals surface area contributed by atoms with Gasteiger partial charge < -0.3 is 19.7 Å². The summed E-state index contributed by atoms with van der Waals surface area (Å²) in [7, 11) is 0. The molecule has 0 amide bonds. The van der Waals surface area contributed by atoms with Crippen molar-refractivity contribution in [3.05, 3.63) is 36.3 Å². The first-order valence-corrected chi connectivity index (χ1v) is 8.84. The van der Waals surface area contributed by atoms with Crippen LogP contribution in [-0.4, -0.2) is 40.3 Å². The van der Waals surface area contributed by atoms with Crippen LogP contribution >= 0.6 is 0 Å². The minimum absolute atomic E-state index is 0.0369. The van der Waals surface area contributed by atoms with Crippen LogP contribution in [0.4, 0.5) is 5.69 Å². The Morgan fingerprint density at radius 1 is 1.44 bits per heavy atom. The average molecular weight is 343 g/mol. The lowest BCUT2D eigenvalue weighted by Gasteiger charge is -2.41. The molecule has 2 atom stereocenters. The number of rotatable bonds is 7. The van der Waals surface area contributed by atoms with Crippen molar-refractivity contribution < 1.29 is 14.6 Å². The number of benzene rings is 1. The average Bonchev–Trinajstić information content (AvgIpc) is 3.11. The van der Waals surface area contributed by atoms with E-state index in [0.29, 0.717) is 13.0 Å². The first-order chi connectivity index (χ1) is 12.2. The molecule has 2 unspecified atom stereocenters. The lowest BCUT2D eigenvalue weighted by molar-refractivity contribution is -0.143. The number of carbonyl (C=O) groups is 1. The van der Waals surface area contributed by atoms with Gasteiger partial charge in [-0.3, -0.25) is 4.79 Å². The van der Waals surface area contributed by atoms with E-state index in [0.717, 1.165) is 35.5 Å². The van der Waals surface area contributed by atoms with Crippen molar-refractivity contribution in [3.63, 3.8) is 0 Å². The van der Waals surface area contributed by atoms with Gasteiger partial charge in [0.2, 0.25) is 0 Å². The van der Waals surface area contributed by atoms with Crippen LogP contribution < -0.4 is 4.90 Å². The largest absolute Gasteiger partial charge is 0.466 e. The fraction of sp³-hybridized carbons (Fsp3) is 0.474. The Labute approximate surface area is 147 Å². The summed E-state index contributed by atoms with van der Waals surface area (Å²) in [5.74, 6) is -0.162. The van der Waals surface area contributed by atoms with E-state index in [1.807, 2.05) is 26.0 Å². The van der Waals surface area contributed by atoms with E-state index < -0.39 is 0 Å². The fourth-order valence-corrected chi connectivity index (χ4v) is 3.57. The molecule has 1 aliphatic heterocycles. The third kappa shape index (κ3) is 3.39. The smallest absolute Gasteiger partial charge is 0.305 e. The normalized spacial score (nSPS) is 16.9. The molecule has 0 bridgehead atoms. The second-order valence-electron chi connectivity index (χ2n) is 6.33. The first kappa shape index (κ1) is 17.5. The van der Waals surface area contributed by atoms with Crippen LogP contribution in [0.15, 0.2) is 30.6 Å². The summed E-state index contributed by atoms with van der Waals surface area (Å²) in [6, 6.07) is 8.14. The summed E-state index contributed by atoms with van der Waals surface area (Å²) in [5.41, 5.74) is 4.14. The zero-order valence-corrected chi connectivity index (χ0v) is 14.7. The predicted molar refractivity (Wildman–Crippen MR) is 96.3 cm³/mol. The number of hydrogen-bond donors (Lipinski definition) is 2. The molecule has 2 aromatic rings. The van der Waals surface area contributed by atoms with Crippen molar-refractivity contribution in [1.29, 1.82) is 0 Å². The van der Waals surface area contributed by atoms with Crippen LogP contribution in [0, 0.1) is 0 Å². The molecule has 1 aliphatic rings. The highest BCUT2D eigenvalue weighted by Gasteiger charge is 2.34. The third-order valence-electron chi connectivity index (χ3n) is 4.68. The van der Waals surface area contributed by atoms with Gasteiger partial charge in [-0.05, 0) is 32.8 Å². The number of aromatic amines is 1. The van der Waals surface area contributed by atoms with Crippen molar-refractivity contribution in [1.82, 2.24) is 9.97 Å². The molecule has 2 N–H and O–H groups in total. The zero-order valence-electron chi connectivity index (χ0n) is 14.7. The molecule has 1 aromatic carbocycles. The van der Waals surface area contributed by atoms with Crippen molar-refractivity contribution >= 4 is 11.7 Å². The van der Waals surface area contributed by atoms with Gasteiger partial charge >= 0.3 is 5.97 Å². The lowest BCUT2D eigenvalue weighted by Crippen LogP contribution is -2.41. The van der Waals surface area contributed by atoms with E-state index >= 15 is 0 Å². The summed E-state index contributed by atoms with van der Waals surface area (Å²) >= 11 is 0. The van der Waals surface area contributed by atoms with Crippen LogP contribution in [0.2, 0.25) is 0 Å². The number of nitrogens with one attached hydrogen (secondary N) is 1. The number of aromatic nitrogens is 2. The van der Waals surface area contributed by atoms with Crippen LogP contribution in [0.5, 0.6) is 0 Å². The molecule has 3 rings (SSSR count). The summed E-state index contributed by atoms with van der Waals surface area (Å²) in [6.07, 6.45) is 3.62. The predicted octanol–water partition coefficient (Wildman–Crippen LogP) is 3.05. The number of aliphatic hydroxyl groups excluding tert-OH is 1. The summed E-state index contributed by atoms with van der Waals surface area (Å²) in [6.45, 7) is 4.30. The highest BCUT2D eigenvalue weighted by atomic mass is 16.5. The van der Waals surface area contributed by atoms with Gasteiger partial charge in [0, 0.05) is 23.7 Å². The van der Waals surface area contributed by atoms with Gasteiger partial charge in [-0.2, -0.15) is 0 Å². The van der Waals surface area contributed by atoms with Crippen molar-refractivity contribution in [2.45, 2.75) is 45.2 Å². The Hall–Kier alpha value is -2.34. The molecule has 2 heterocycles. The van der Waals surface area contributed by atoms with E-state index in [-0.39, 0.29) is 24.7 Å². The van der Waals surface area contributed by atoms with Crippen LogP contribution in [0.1, 0.15) is 44.8 Å². The lowest BCUT2D eigenvalue weighted by atomic mass is 9.92. The van der Waals surface area contributed by atoms with E-state index in [4.69, 9.17) is 4.74 Å². The molecule has 0 fully saturated rings. The molecule has 0 aliphatic carbocycles. The molecule has 0 saturated heterocycles. The highest BCUT2D eigenvalue weighted by Crippen LogP contribution is 2.45. The van der Waals surface area contributed by atoms with Crippen LogP contribution in [0.3, 0.4) is 0 Å². The molecule has 0 radical (unpaired) electrons. The number of ether oxygens (including phenoxy) is 1. The third-order valence-corrected chi connectivity index (χ3v) is 4.68. The second kappa shape index (κ2) is 7.70. The SMILES string of the molecule is CCOC(=O)CCCC1c2[nH]cnc2-c2ccccc2N1C(C)CO. The number of carbonyl (C=O) groups excluding carboxylic acids is 1. The Balaban J connectivity index is 1.89. The van der Waals surface area contributed by atoms with E-state index in [1.165, 1.54) is 0 Å². The molecular weight excluding hydrogens is 318 g/mol. The zero-order chi connectivity index (χ0) is 17.8. The molecule has 6 nitrogen and oxygen atoms in total. The number of para-hydroxylation sites is 1. The Morgan fingerprint density at radius 2 is 2.24 bits per heavy atom. The summed E-state index contributed by atoms with van der Waals surface area (Å²) < 4.78 is 5.02. The van der Waals surface area contributed by atoms with Gasteiger partial charge in [-0.25, -0.2) is 4.98 Å². The quantitative estimate of drug-likeness (QED) is 0.756. The Bertz CT molecular complexity index is 728. The number of anilines is 1. The maximum atomic E-state index is 11.7. The van der Waals surface area contributed by atoms with Crippen molar-refractivity contribution in [2.24, 2.45) is 0 Å². The van der Waals surface area contributed by atoms with Crippen molar-refractivity contribution in [3.8, 4) is 11.3 Å². The number of imidazole rings is 1. The van der Waals surface area contributed by atoms with Gasteiger partial charge in [0.05, 0.1) is 37.0 Å². The maximum Gasteiger partial charge on any atom is 0.305 e. The molecule has 0 spiro atoms. The number of hydrogen-bond acceptors (Lipinski definition) is 5. The summed E-state index contributed by atoms with van der Waals surface area (Å²) in [4.78, 5) is 21.7. The molecule has 1 aromatic heterocycles. The van der Waals surface area contributed by atoms with Crippen molar-refractivity contribution in [2.75, 3.05) is 18.1 Å². The van der Waals surface area contributed by atoms with Gasteiger partial charge in [0.25, 0.3) is 0 Å². The van der Waals surface area contributed by atoms with E-state index in [2.05, 4.69) is 27.0 Å². The number of nitrogens with zero attached hydrogens (tertiary/aromatic N) is 2. The first-order valence-electron chi connectivity index (χ1n) is 8.84. The highest BCUT2D eigenvalue weighted by molar-refractivity contribution is 5.82. The van der Waals surface area contributed by atoms with Crippen LogP contribution in [-0.2, 0) is 9.53 Å². The number of fused-ring (bicyclic) bond motifs is 3. The maximum absolute atomic E-state index is 11.7. The number of H-pyrrole nitrogens is 1. The molecule has 0 saturated carbocycles. The van der Waals surface area contributed by atoms with Gasteiger partial charge in [0.1, 0.15) is 0 Å². The minimum atomic E-state index is -0.162. The number of aliphatic hydroxyl groups is 1.